The number of carboxylic acids is 1. The molecule has 0 fully saturated rings. The first-order valence-corrected chi connectivity index (χ1v) is 4.61. The monoisotopic (exact) mass is 241 g/mol. The summed E-state index contributed by atoms with van der Waals surface area (Å²) in [5.41, 5.74) is 0.0160. The number of nitrogens with zero attached hydrogens (tertiary/aromatic N) is 1. The number of halogens is 2. The zero-order valence-corrected chi connectivity index (χ0v) is 8.88. The van der Waals surface area contributed by atoms with Gasteiger partial charge in [-0.15, -0.1) is 0 Å². The molecular formula is C10H5Cl2NO2. The van der Waals surface area contributed by atoms with Crippen LogP contribution in [0.4, 0.5) is 0 Å². The second-order valence-electron chi connectivity index (χ2n) is 2.62. The summed E-state index contributed by atoms with van der Waals surface area (Å²) in [7, 11) is 0. The van der Waals surface area contributed by atoms with Gasteiger partial charge in [-0.05, 0) is 17.7 Å². The zero-order chi connectivity index (χ0) is 11.4. The Hall–Kier alpha value is -1.50. The van der Waals surface area contributed by atoms with Crippen LogP contribution in [0.1, 0.15) is 5.56 Å². The Balaban J connectivity index is 3.25. The minimum atomic E-state index is -1.30. The summed E-state index contributed by atoms with van der Waals surface area (Å²) in [6, 6.07) is 6.33. The van der Waals surface area contributed by atoms with Gasteiger partial charge in [0, 0.05) is 0 Å². The predicted molar refractivity (Wildman–Crippen MR) is 57.7 cm³/mol. The van der Waals surface area contributed by atoms with Gasteiger partial charge in [0.2, 0.25) is 0 Å². The van der Waals surface area contributed by atoms with Crippen molar-refractivity contribution in [2.45, 2.75) is 0 Å². The number of nitriles is 1. The molecule has 0 bridgehead atoms. The Kier molecular flexibility index (Phi) is 3.73. The Morgan fingerprint density at radius 3 is 2.67 bits per heavy atom. The first-order chi connectivity index (χ1) is 7.06. The molecule has 0 aliphatic rings. The first-order valence-electron chi connectivity index (χ1n) is 3.85. The Labute approximate surface area is 96.2 Å². The van der Waals surface area contributed by atoms with Gasteiger partial charge in [0.25, 0.3) is 0 Å². The van der Waals surface area contributed by atoms with Crippen LogP contribution in [0, 0.1) is 11.3 Å². The zero-order valence-electron chi connectivity index (χ0n) is 7.37. The lowest BCUT2D eigenvalue weighted by atomic mass is 10.1. The third-order valence-electron chi connectivity index (χ3n) is 1.63. The fourth-order valence-electron chi connectivity index (χ4n) is 0.929. The molecule has 1 aromatic rings. The van der Waals surface area contributed by atoms with E-state index in [1.165, 1.54) is 6.08 Å². The van der Waals surface area contributed by atoms with Gasteiger partial charge in [-0.2, -0.15) is 5.26 Å². The van der Waals surface area contributed by atoms with Crippen LogP contribution in [0.2, 0.25) is 10.0 Å². The van der Waals surface area contributed by atoms with Gasteiger partial charge < -0.3 is 5.11 Å². The van der Waals surface area contributed by atoms with Crippen LogP contribution in [0.25, 0.3) is 6.08 Å². The third kappa shape index (κ3) is 2.72. The largest absolute Gasteiger partial charge is 0.477 e. The molecule has 15 heavy (non-hydrogen) atoms. The van der Waals surface area contributed by atoms with Crippen LogP contribution in [-0.2, 0) is 4.79 Å². The molecule has 0 heterocycles. The van der Waals surface area contributed by atoms with Gasteiger partial charge in [0.15, 0.2) is 0 Å². The molecule has 1 rings (SSSR count). The molecule has 0 aromatic heterocycles. The molecule has 76 valence electrons. The van der Waals surface area contributed by atoms with Crippen molar-refractivity contribution >= 4 is 35.2 Å². The Morgan fingerprint density at radius 2 is 2.13 bits per heavy atom. The van der Waals surface area contributed by atoms with Gasteiger partial charge in [0.1, 0.15) is 11.6 Å². The minimum absolute atomic E-state index is 0.230. The summed E-state index contributed by atoms with van der Waals surface area (Å²) in [6.07, 6.45) is 1.18. The van der Waals surface area contributed by atoms with E-state index < -0.39 is 5.97 Å². The second-order valence-corrected chi connectivity index (χ2v) is 3.40. The highest BCUT2D eigenvalue weighted by molar-refractivity contribution is 6.42. The summed E-state index contributed by atoms with van der Waals surface area (Å²) in [5, 5.41) is 17.7. The number of benzene rings is 1. The van der Waals surface area contributed by atoms with E-state index >= 15 is 0 Å². The number of carbonyl (C=O) groups is 1. The van der Waals surface area contributed by atoms with Gasteiger partial charge in [-0.25, -0.2) is 4.79 Å². The van der Waals surface area contributed by atoms with E-state index in [1.54, 1.807) is 24.3 Å². The van der Waals surface area contributed by atoms with E-state index in [-0.39, 0.29) is 10.6 Å². The molecule has 0 amide bonds. The van der Waals surface area contributed by atoms with Crippen LogP contribution in [0.15, 0.2) is 23.8 Å². The fourth-order valence-corrected chi connectivity index (χ4v) is 1.29. The highest BCUT2D eigenvalue weighted by Crippen LogP contribution is 2.27. The molecule has 0 spiro atoms. The standard InChI is InChI=1S/C10H5Cl2NO2/c11-8-3-1-2-6(9(8)12)4-7(5-13)10(14)15/h1-4H,(H,14,15)/b7-4-. The molecule has 5 heteroatoms. The normalized spacial score (nSPS) is 10.9. The molecule has 1 N–H and O–H groups in total. The molecule has 0 radical (unpaired) electrons. The van der Waals surface area contributed by atoms with Gasteiger partial charge >= 0.3 is 5.97 Å². The van der Waals surface area contributed by atoms with Crippen molar-refractivity contribution in [3.63, 3.8) is 0 Å². The molecule has 0 saturated carbocycles. The van der Waals surface area contributed by atoms with Gasteiger partial charge in [-0.1, -0.05) is 35.3 Å². The van der Waals surface area contributed by atoms with Gasteiger partial charge in [-0.3, -0.25) is 0 Å². The van der Waals surface area contributed by atoms with Crippen molar-refractivity contribution < 1.29 is 9.90 Å². The van der Waals surface area contributed by atoms with Crippen LogP contribution in [0.3, 0.4) is 0 Å². The van der Waals surface area contributed by atoms with E-state index in [2.05, 4.69) is 0 Å². The van der Waals surface area contributed by atoms with E-state index in [4.69, 9.17) is 33.6 Å². The molecule has 3 nitrogen and oxygen atoms in total. The van der Waals surface area contributed by atoms with Crippen LogP contribution >= 0.6 is 23.2 Å². The summed E-state index contributed by atoms with van der Waals surface area (Å²) < 4.78 is 0. The maximum absolute atomic E-state index is 10.6. The molecule has 1 aromatic carbocycles. The molecule has 0 atom stereocenters. The quantitative estimate of drug-likeness (QED) is 0.640. The first kappa shape index (κ1) is 11.6. The minimum Gasteiger partial charge on any atom is -0.477 e. The molecule has 0 saturated heterocycles. The second kappa shape index (κ2) is 4.83. The number of rotatable bonds is 2. The van der Waals surface area contributed by atoms with E-state index in [0.717, 1.165) is 0 Å². The number of aliphatic carboxylic acids is 1. The smallest absolute Gasteiger partial charge is 0.346 e. The maximum Gasteiger partial charge on any atom is 0.346 e. The van der Waals surface area contributed by atoms with Crippen LogP contribution in [0.5, 0.6) is 0 Å². The number of carboxylic acid groups (broad SMARTS) is 1. The topological polar surface area (TPSA) is 61.1 Å². The van der Waals surface area contributed by atoms with Crippen molar-refractivity contribution in [2.75, 3.05) is 0 Å². The summed E-state index contributed by atoms with van der Waals surface area (Å²) in [4.78, 5) is 10.6. The van der Waals surface area contributed by atoms with Crippen molar-refractivity contribution in [2.24, 2.45) is 0 Å². The summed E-state index contributed by atoms with van der Waals surface area (Å²) in [6.45, 7) is 0. The Bertz CT molecular complexity index is 475. The fraction of sp³-hybridized carbons (Fsp3) is 0. The summed E-state index contributed by atoms with van der Waals surface area (Å²) in [5.74, 6) is -1.30. The third-order valence-corrected chi connectivity index (χ3v) is 2.47. The lowest BCUT2D eigenvalue weighted by Crippen LogP contribution is -1.97. The van der Waals surface area contributed by atoms with E-state index in [9.17, 15) is 4.79 Å². The van der Waals surface area contributed by atoms with Crippen LogP contribution < -0.4 is 0 Å². The van der Waals surface area contributed by atoms with Crippen molar-refractivity contribution in [3.05, 3.63) is 39.4 Å². The van der Waals surface area contributed by atoms with E-state index in [1.807, 2.05) is 0 Å². The molecule has 0 aliphatic heterocycles. The molecule has 0 unspecified atom stereocenters. The van der Waals surface area contributed by atoms with Gasteiger partial charge in [0.05, 0.1) is 10.0 Å². The highest BCUT2D eigenvalue weighted by atomic mass is 35.5. The average molecular weight is 242 g/mol. The lowest BCUT2D eigenvalue weighted by Gasteiger charge is -2.00. The van der Waals surface area contributed by atoms with Crippen molar-refractivity contribution in [1.82, 2.24) is 0 Å². The molecular weight excluding hydrogens is 237 g/mol. The van der Waals surface area contributed by atoms with E-state index in [0.29, 0.717) is 10.6 Å². The average Bonchev–Trinajstić information content (AvgIpc) is 2.19. The summed E-state index contributed by atoms with van der Waals surface area (Å²) >= 11 is 11.5. The number of hydrogen-bond donors (Lipinski definition) is 1. The van der Waals surface area contributed by atoms with Crippen molar-refractivity contribution in [1.29, 1.82) is 5.26 Å². The SMILES string of the molecule is N#C/C(=C/c1cccc(Cl)c1Cl)C(=O)O. The van der Waals surface area contributed by atoms with Crippen molar-refractivity contribution in [3.8, 4) is 6.07 Å². The highest BCUT2D eigenvalue weighted by Gasteiger charge is 2.08. The molecule has 0 aliphatic carbocycles. The predicted octanol–water partition coefficient (Wildman–Crippen LogP) is 2.98. The maximum atomic E-state index is 10.6. The van der Waals surface area contributed by atoms with Crippen LogP contribution in [-0.4, -0.2) is 11.1 Å². The lowest BCUT2D eigenvalue weighted by molar-refractivity contribution is -0.132. The number of hydrogen-bond acceptors (Lipinski definition) is 2. The Morgan fingerprint density at radius 1 is 1.47 bits per heavy atom.